The molecule has 3 heteroatoms. The molecule has 0 aromatic carbocycles. The Balaban J connectivity index is 1.97. The number of unbranched alkanes of at least 4 members (excludes halogenated alkanes) is 9. The maximum absolute atomic E-state index is 5.65. The fourth-order valence-electron chi connectivity index (χ4n) is 3.11. The zero-order valence-corrected chi connectivity index (χ0v) is 15.8. The van der Waals surface area contributed by atoms with E-state index in [1.807, 2.05) is 6.92 Å². The second-order valence-corrected chi connectivity index (χ2v) is 7.14. The molecule has 1 aliphatic rings. The molecule has 0 aromatic rings. The first-order chi connectivity index (χ1) is 10.7. The molecule has 1 rings (SSSR count). The van der Waals surface area contributed by atoms with Crippen LogP contribution in [0, 0.1) is 5.92 Å². The molecule has 0 spiro atoms. The van der Waals surface area contributed by atoms with Gasteiger partial charge >= 0.3 is 0 Å². The quantitative estimate of drug-likeness (QED) is 0.219. The third kappa shape index (κ3) is 6.95. The number of rotatable bonds is 14. The zero-order valence-electron chi connectivity index (χ0n) is 15.0. The molecule has 2 atom stereocenters. The lowest BCUT2D eigenvalue weighted by molar-refractivity contribution is 0.225. The molecule has 0 aliphatic carbocycles. The minimum Gasteiger partial charge on any atom is -0.484 e. The molecule has 130 valence electrons. The van der Waals surface area contributed by atoms with Crippen LogP contribution in [0.1, 0.15) is 91.4 Å². The van der Waals surface area contributed by atoms with Gasteiger partial charge in [0.2, 0.25) is 0 Å². The molecule has 1 fully saturated rings. The molecule has 0 saturated carbocycles. The molecule has 22 heavy (non-hydrogen) atoms. The van der Waals surface area contributed by atoms with Gasteiger partial charge < -0.3 is 9.47 Å². The van der Waals surface area contributed by atoms with E-state index in [2.05, 4.69) is 13.8 Å². The smallest absolute Gasteiger partial charge is 0.194 e. The van der Waals surface area contributed by atoms with Crippen LogP contribution < -0.4 is 0 Å². The number of ether oxygens (including phenoxy) is 2. The zero-order chi connectivity index (χ0) is 16.3. The summed E-state index contributed by atoms with van der Waals surface area (Å²) in [5.41, 5.74) is -0.232. The van der Waals surface area contributed by atoms with E-state index in [9.17, 15) is 0 Å². The lowest BCUT2D eigenvalue weighted by Crippen LogP contribution is -2.32. The molecule has 1 aliphatic heterocycles. The molecular weight excluding hydrogens is 292 g/mol. The number of epoxide rings is 1. The van der Waals surface area contributed by atoms with Crippen LogP contribution in [0.2, 0.25) is 0 Å². The van der Waals surface area contributed by atoms with Crippen LogP contribution in [-0.2, 0) is 9.47 Å². The summed E-state index contributed by atoms with van der Waals surface area (Å²) in [4.78, 5) is 0. The van der Waals surface area contributed by atoms with Crippen molar-refractivity contribution in [3.8, 4) is 0 Å². The maximum Gasteiger partial charge on any atom is 0.194 e. The summed E-state index contributed by atoms with van der Waals surface area (Å²) in [7, 11) is 0. The van der Waals surface area contributed by atoms with Crippen LogP contribution in [0.3, 0.4) is 0 Å². The number of hydrogen-bond acceptors (Lipinski definition) is 3. The largest absolute Gasteiger partial charge is 0.484 e. The van der Waals surface area contributed by atoms with Crippen molar-refractivity contribution in [1.29, 1.82) is 0 Å². The summed E-state index contributed by atoms with van der Waals surface area (Å²) in [5, 5.41) is 0.676. The molecule has 0 bridgehead atoms. The van der Waals surface area contributed by atoms with E-state index in [4.69, 9.17) is 21.7 Å². The second kappa shape index (κ2) is 11.4. The molecule has 0 radical (unpaired) electrons. The minimum absolute atomic E-state index is 0.232. The van der Waals surface area contributed by atoms with E-state index in [0.717, 1.165) is 6.61 Å². The SMILES string of the molecule is CCCCCCCCCCCCC(C)C1(C(=S)OCC)CO1. The van der Waals surface area contributed by atoms with Crippen LogP contribution >= 0.6 is 12.2 Å². The van der Waals surface area contributed by atoms with Crippen molar-refractivity contribution in [2.75, 3.05) is 13.2 Å². The average molecular weight is 329 g/mol. The standard InChI is InChI=1S/C19H36O2S/c1-4-6-7-8-9-10-11-12-13-14-15-17(3)19(16-21-19)18(22)20-5-2/h17H,4-16H2,1-3H3. The first-order valence-corrected chi connectivity index (χ1v) is 9.89. The minimum atomic E-state index is -0.232. The molecular formula is C19H36O2S. The highest BCUT2D eigenvalue weighted by atomic mass is 32.1. The Morgan fingerprint density at radius 2 is 1.50 bits per heavy atom. The van der Waals surface area contributed by atoms with Crippen molar-refractivity contribution in [3.05, 3.63) is 0 Å². The highest BCUT2D eigenvalue weighted by molar-refractivity contribution is 7.80. The van der Waals surface area contributed by atoms with Gasteiger partial charge in [-0.25, -0.2) is 0 Å². The van der Waals surface area contributed by atoms with E-state index in [0.29, 0.717) is 17.6 Å². The molecule has 1 saturated heterocycles. The van der Waals surface area contributed by atoms with Gasteiger partial charge in [0.15, 0.2) is 10.7 Å². The van der Waals surface area contributed by atoms with Crippen LogP contribution in [0.25, 0.3) is 0 Å². The molecule has 2 unspecified atom stereocenters. The Labute approximate surface area is 143 Å². The summed E-state index contributed by atoms with van der Waals surface area (Å²) < 4.78 is 11.1. The van der Waals surface area contributed by atoms with Crippen molar-refractivity contribution in [2.24, 2.45) is 5.92 Å². The Hall–Kier alpha value is -0.150. The Morgan fingerprint density at radius 1 is 1.00 bits per heavy atom. The van der Waals surface area contributed by atoms with Gasteiger partial charge in [-0.15, -0.1) is 0 Å². The summed E-state index contributed by atoms with van der Waals surface area (Å²) in [6, 6.07) is 0. The van der Waals surface area contributed by atoms with Crippen molar-refractivity contribution in [2.45, 2.75) is 97.0 Å². The normalized spacial score (nSPS) is 21.6. The molecule has 0 N–H and O–H groups in total. The van der Waals surface area contributed by atoms with Crippen molar-refractivity contribution in [1.82, 2.24) is 0 Å². The third-order valence-corrected chi connectivity index (χ3v) is 5.33. The summed E-state index contributed by atoms with van der Waals surface area (Å²) in [5.74, 6) is 0.487. The van der Waals surface area contributed by atoms with Gasteiger partial charge in [0.05, 0.1) is 13.2 Å². The number of hydrogen-bond donors (Lipinski definition) is 0. The van der Waals surface area contributed by atoms with Gasteiger partial charge in [0.1, 0.15) is 0 Å². The molecule has 0 amide bonds. The predicted molar refractivity (Wildman–Crippen MR) is 98.5 cm³/mol. The Morgan fingerprint density at radius 3 is 1.95 bits per heavy atom. The average Bonchev–Trinajstić information content (AvgIpc) is 3.31. The van der Waals surface area contributed by atoms with Gasteiger partial charge in [-0.3, -0.25) is 0 Å². The van der Waals surface area contributed by atoms with Crippen LogP contribution in [-0.4, -0.2) is 23.9 Å². The summed E-state index contributed by atoms with van der Waals surface area (Å²) in [6.07, 6.45) is 15.1. The lowest BCUT2D eigenvalue weighted by Gasteiger charge is -2.20. The van der Waals surface area contributed by atoms with E-state index in [1.165, 1.54) is 70.6 Å². The fraction of sp³-hybridized carbons (Fsp3) is 0.947. The van der Waals surface area contributed by atoms with Crippen LogP contribution in [0.5, 0.6) is 0 Å². The van der Waals surface area contributed by atoms with Gasteiger partial charge in [-0.1, -0.05) is 78.1 Å². The predicted octanol–water partition coefficient (Wildman–Crippen LogP) is 6.07. The summed E-state index contributed by atoms with van der Waals surface area (Å²) in [6.45, 7) is 7.92. The first kappa shape index (κ1) is 19.9. The van der Waals surface area contributed by atoms with Crippen molar-refractivity contribution >= 4 is 17.3 Å². The molecule has 0 aromatic heterocycles. The van der Waals surface area contributed by atoms with Gasteiger partial charge in [-0.2, -0.15) is 0 Å². The lowest BCUT2D eigenvalue weighted by atomic mass is 9.90. The van der Waals surface area contributed by atoms with Crippen molar-refractivity contribution in [3.63, 3.8) is 0 Å². The van der Waals surface area contributed by atoms with E-state index < -0.39 is 0 Å². The maximum atomic E-state index is 5.65. The Bertz CT molecular complexity index is 300. The van der Waals surface area contributed by atoms with Gasteiger partial charge in [0.25, 0.3) is 0 Å². The van der Waals surface area contributed by atoms with E-state index in [-0.39, 0.29) is 5.60 Å². The van der Waals surface area contributed by atoms with Gasteiger partial charge in [0, 0.05) is 0 Å². The van der Waals surface area contributed by atoms with Crippen LogP contribution in [0.4, 0.5) is 0 Å². The first-order valence-electron chi connectivity index (χ1n) is 9.48. The van der Waals surface area contributed by atoms with E-state index in [1.54, 1.807) is 0 Å². The second-order valence-electron chi connectivity index (χ2n) is 6.77. The summed E-state index contributed by atoms with van der Waals surface area (Å²) >= 11 is 5.36. The third-order valence-electron chi connectivity index (χ3n) is 4.86. The van der Waals surface area contributed by atoms with Crippen LogP contribution in [0.15, 0.2) is 0 Å². The molecule has 2 nitrogen and oxygen atoms in total. The van der Waals surface area contributed by atoms with E-state index >= 15 is 0 Å². The topological polar surface area (TPSA) is 21.8 Å². The number of thiocarbonyl (C=S) groups is 1. The van der Waals surface area contributed by atoms with Crippen molar-refractivity contribution < 1.29 is 9.47 Å². The fourth-order valence-corrected chi connectivity index (χ4v) is 3.54. The molecule has 1 heterocycles. The Kier molecular flexibility index (Phi) is 10.3. The monoisotopic (exact) mass is 328 g/mol. The highest BCUT2D eigenvalue weighted by Gasteiger charge is 2.54. The highest BCUT2D eigenvalue weighted by Crippen LogP contribution is 2.40. The van der Waals surface area contributed by atoms with Gasteiger partial charge in [-0.05, 0) is 31.5 Å².